The number of nitrogens with zero attached hydrogens (tertiary/aromatic N) is 1. The third-order valence-corrected chi connectivity index (χ3v) is 1.89. The van der Waals surface area contributed by atoms with Crippen molar-refractivity contribution in [2.24, 2.45) is 0 Å². The number of rotatable bonds is 3. The summed E-state index contributed by atoms with van der Waals surface area (Å²) < 4.78 is 0. The molecule has 2 rings (SSSR count). The van der Waals surface area contributed by atoms with E-state index in [1.54, 1.807) is 0 Å². The van der Waals surface area contributed by atoms with Gasteiger partial charge in [0.25, 0.3) is 0 Å². The van der Waals surface area contributed by atoms with E-state index < -0.39 is 0 Å². The van der Waals surface area contributed by atoms with Crippen LogP contribution in [-0.4, -0.2) is 22.2 Å². The molecule has 4 heteroatoms. The van der Waals surface area contributed by atoms with Crippen molar-refractivity contribution in [2.45, 2.75) is 6.54 Å². The van der Waals surface area contributed by atoms with Crippen molar-refractivity contribution >= 4 is 0 Å². The molecule has 2 heterocycles. The van der Waals surface area contributed by atoms with Crippen LogP contribution in [0.3, 0.4) is 0 Å². The summed E-state index contributed by atoms with van der Waals surface area (Å²) >= 11 is 0. The number of nitrogens with one attached hydrogen (secondary N) is 3. The Kier molecular flexibility index (Phi) is 2.14. The molecule has 0 bridgehead atoms. The highest BCUT2D eigenvalue weighted by Crippen LogP contribution is 2.15. The second kappa shape index (κ2) is 3.45. The van der Waals surface area contributed by atoms with Gasteiger partial charge in [-0.15, -0.1) is 0 Å². The van der Waals surface area contributed by atoms with Gasteiger partial charge in [-0.2, -0.15) is 5.10 Å². The maximum Gasteiger partial charge on any atom is 0.0939 e. The van der Waals surface area contributed by atoms with E-state index in [9.17, 15) is 0 Å². The molecule has 3 N–H and O–H groups in total. The summed E-state index contributed by atoms with van der Waals surface area (Å²) in [6.45, 7) is 0.817. The van der Waals surface area contributed by atoms with E-state index >= 15 is 0 Å². The molecule has 0 atom stereocenters. The number of hydrogen-bond acceptors (Lipinski definition) is 2. The first kappa shape index (κ1) is 8.07. The van der Waals surface area contributed by atoms with Gasteiger partial charge in [0, 0.05) is 30.2 Å². The van der Waals surface area contributed by atoms with Gasteiger partial charge in [-0.05, 0) is 19.2 Å². The fraction of sp³-hybridized carbons (Fsp3) is 0.222. The van der Waals surface area contributed by atoms with Crippen LogP contribution >= 0.6 is 0 Å². The topological polar surface area (TPSA) is 56.5 Å². The predicted octanol–water partition coefficient (Wildman–Crippen LogP) is 1.12. The smallest absolute Gasteiger partial charge is 0.0939 e. The van der Waals surface area contributed by atoms with Crippen LogP contribution in [0.2, 0.25) is 0 Å². The van der Waals surface area contributed by atoms with Crippen LogP contribution in [-0.2, 0) is 6.54 Å². The zero-order chi connectivity index (χ0) is 9.10. The fourth-order valence-electron chi connectivity index (χ4n) is 1.27. The summed E-state index contributed by atoms with van der Waals surface area (Å²) in [5, 5.41) is 10.2. The quantitative estimate of drug-likeness (QED) is 0.656. The lowest BCUT2D eigenvalue weighted by atomic mass is 10.2. The van der Waals surface area contributed by atoms with Crippen LogP contribution in [0.5, 0.6) is 0 Å². The molecule has 0 spiro atoms. The summed E-state index contributed by atoms with van der Waals surface area (Å²) in [6.07, 6.45) is 3.82. The van der Waals surface area contributed by atoms with E-state index in [0.717, 1.165) is 23.5 Å². The molecule has 0 aromatic carbocycles. The second-order valence-corrected chi connectivity index (χ2v) is 2.91. The maximum atomic E-state index is 4.19. The molecule has 0 aliphatic heterocycles. The van der Waals surface area contributed by atoms with Gasteiger partial charge >= 0.3 is 0 Å². The normalized spacial score (nSPS) is 10.5. The van der Waals surface area contributed by atoms with Crippen LogP contribution in [0, 0.1) is 0 Å². The van der Waals surface area contributed by atoms with Crippen molar-refractivity contribution in [3.05, 3.63) is 30.2 Å². The molecular formula is C9H12N4. The van der Waals surface area contributed by atoms with Crippen LogP contribution in [0.4, 0.5) is 0 Å². The lowest BCUT2D eigenvalue weighted by Crippen LogP contribution is -2.04. The first-order valence-corrected chi connectivity index (χ1v) is 4.22. The van der Waals surface area contributed by atoms with Gasteiger partial charge in [-0.25, -0.2) is 0 Å². The Bertz CT molecular complexity index is 361. The largest absolute Gasteiger partial charge is 0.367 e. The Balaban J connectivity index is 2.23. The molecule has 0 aliphatic rings. The third kappa shape index (κ3) is 1.62. The number of aromatic nitrogens is 3. The van der Waals surface area contributed by atoms with Gasteiger partial charge in [0.15, 0.2) is 0 Å². The Hall–Kier alpha value is -1.55. The molecule has 0 saturated heterocycles. The van der Waals surface area contributed by atoms with E-state index in [1.807, 2.05) is 31.6 Å². The first-order valence-electron chi connectivity index (χ1n) is 4.22. The van der Waals surface area contributed by atoms with Crippen molar-refractivity contribution in [1.82, 2.24) is 20.5 Å². The molecule has 2 aromatic heterocycles. The monoisotopic (exact) mass is 176 g/mol. The minimum atomic E-state index is 0.817. The molecule has 0 fully saturated rings. The molecular weight excluding hydrogens is 164 g/mol. The lowest BCUT2D eigenvalue weighted by Gasteiger charge is -1.90. The minimum Gasteiger partial charge on any atom is -0.367 e. The summed E-state index contributed by atoms with van der Waals surface area (Å²) in [6, 6.07) is 4.04. The molecule has 0 radical (unpaired) electrons. The number of H-pyrrole nitrogens is 2. The van der Waals surface area contributed by atoms with Crippen LogP contribution in [0.1, 0.15) is 5.69 Å². The van der Waals surface area contributed by atoms with Crippen LogP contribution in [0.25, 0.3) is 11.3 Å². The minimum absolute atomic E-state index is 0.817. The van der Waals surface area contributed by atoms with Gasteiger partial charge in [-0.1, -0.05) is 0 Å². The Labute approximate surface area is 76.4 Å². The van der Waals surface area contributed by atoms with Gasteiger partial charge in [0.2, 0.25) is 0 Å². The van der Waals surface area contributed by atoms with Gasteiger partial charge in [0.05, 0.1) is 5.69 Å². The van der Waals surface area contributed by atoms with Crippen molar-refractivity contribution in [3.8, 4) is 11.3 Å². The molecule has 68 valence electrons. The first-order chi connectivity index (χ1) is 6.40. The van der Waals surface area contributed by atoms with Gasteiger partial charge in [-0.3, -0.25) is 5.10 Å². The number of hydrogen-bond donors (Lipinski definition) is 3. The zero-order valence-electron chi connectivity index (χ0n) is 7.46. The molecule has 13 heavy (non-hydrogen) atoms. The summed E-state index contributed by atoms with van der Waals surface area (Å²) in [7, 11) is 1.91. The Morgan fingerprint density at radius 2 is 2.46 bits per heavy atom. The molecule has 4 nitrogen and oxygen atoms in total. The van der Waals surface area contributed by atoms with Crippen molar-refractivity contribution in [3.63, 3.8) is 0 Å². The van der Waals surface area contributed by atoms with E-state index in [1.165, 1.54) is 0 Å². The number of aromatic amines is 2. The highest BCUT2D eigenvalue weighted by atomic mass is 15.1. The second-order valence-electron chi connectivity index (χ2n) is 2.91. The average molecular weight is 176 g/mol. The highest BCUT2D eigenvalue weighted by molar-refractivity contribution is 5.57. The summed E-state index contributed by atoms with van der Waals surface area (Å²) in [5.41, 5.74) is 3.18. The Morgan fingerprint density at radius 3 is 3.15 bits per heavy atom. The average Bonchev–Trinajstić information content (AvgIpc) is 2.70. The van der Waals surface area contributed by atoms with Gasteiger partial charge in [0.1, 0.15) is 0 Å². The zero-order valence-corrected chi connectivity index (χ0v) is 7.46. The molecule has 0 unspecified atom stereocenters. The van der Waals surface area contributed by atoms with E-state index in [4.69, 9.17) is 0 Å². The maximum absolute atomic E-state index is 4.19. The predicted molar refractivity (Wildman–Crippen MR) is 51.1 cm³/mol. The van der Waals surface area contributed by atoms with Crippen LogP contribution < -0.4 is 5.32 Å². The summed E-state index contributed by atoms with van der Waals surface area (Å²) in [4.78, 5) is 3.00. The molecule has 0 amide bonds. The van der Waals surface area contributed by atoms with Crippen molar-refractivity contribution in [1.29, 1.82) is 0 Å². The van der Waals surface area contributed by atoms with Crippen molar-refractivity contribution in [2.75, 3.05) is 7.05 Å². The molecule has 2 aromatic rings. The van der Waals surface area contributed by atoms with E-state index in [-0.39, 0.29) is 0 Å². The van der Waals surface area contributed by atoms with E-state index in [0.29, 0.717) is 0 Å². The standard InChI is InChI=1S/C9H12N4/c1-10-6-8-4-9(13-12-8)7-2-3-11-5-7/h2-5,10-11H,6H2,1H3,(H,12,13). The lowest BCUT2D eigenvalue weighted by molar-refractivity contribution is 0.784. The molecule has 0 aliphatic carbocycles. The van der Waals surface area contributed by atoms with Crippen molar-refractivity contribution < 1.29 is 0 Å². The van der Waals surface area contributed by atoms with Crippen LogP contribution in [0.15, 0.2) is 24.5 Å². The SMILES string of the molecule is CNCc1cc(-c2cc[nH]c2)n[nH]1. The van der Waals surface area contributed by atoms with Gasteiger partial charge < -0.3 is 10.3 Å². The third-order valence-electron chi connectivity index (χ3n) is 1.89. The summed E-state index contributed by atoms with van der Waals surface area (Å²) in [5.74, 6) is 0. The Morgan fingerprint density at radius 1 is 1.54 bits per heavy atom. The molecule has 0 saturated carbocycles. The highest BCUT2D eigenvalue weighted by Gasteiger charge is 2.02. The fourth-order valence-corrected chi connectivity index (χ4v) is 1.27. The van der Waals surface area contributed by atoms with E-state index in [2.05, 4.69) is 20.5 Å².